The number of aliphatic hydroxyl groups is 1. The van der Waals surface area contributed by atoms with Crippen molar-refractivity contribution in [2.45, 2.75) is 19.0 Å². The molecule has 0 bridgehead atoms. The molecule has 4 heteroatoms. The molecule has 0 aromatic heterocycles. The fraction of sp³-hybridized carbons (Fsp3) is 0.700. The Morgan fingerprint density at radius 1 is 1.71 bits per heavy atom. The van der Waals surface area contributed by atoms with Crippen LogP contribution in [0.3, 0.4) is 0 Å². The highest BCUT2D eigenvalue weighted by Crippen LogP contribution is 2.15. The minimum atomic E-state index is -0.401. The zero-order valence-corrected chi connectivity index (χ0v) is 8.81. The minimum absolute atomic E-state index is 0.00699. The summed E-state index contributed by atoms with van der Waals surface area (Å²) in [5, 5.41) is 9.17. The number of carbonyl (C=O) groups excluding carboxylic acids is 1. The van der Waals surface area contributed by atoms with E-state index in [0.717, 1.165) is 0 Å². The van der Waals surface area contributed by atoms with Gasteiger partial charge in [0.05, 0.1) is 6.61 Å². The van der Waals surface area contributed by atoms with Gasteiger partial charge in [-0.2, -0.15) is 0 Å². The Bertz CT molecular complexity index is 230. The summed E-state index contributed by atoms with van der Waals surface area (Å²) in [6, 6.07) is -0.130. The number of hydrogen-bond donors (Lipinski definition) is 1. The van der Waals surface area contributed by atoms with E-state index in [0.29, 0.717) is 13.1 Å². The molecule has 1 aliphatic heterocycles. The van der Waals surface area contributed by atoms with Gasteiger partial charge in [-0.25, -0.2) is 0 Å². The molecule has 1 heterocycles. The maximum Gasteiger partial charge on any atom is 0.242 e. The van der Waals surface area contributed by atoms with Crippen LogP contribution in [0.5, 0.6) is 0 Å². The second kappa shape index (κ2) is 4.57. The van der Waals surface area contributed by atoms with E-state index in [1.807, 2.05) is 4.90 Å². The van der Waals surface area contributed by atoms with Crippen LogP contribution in [0.15, 0.2) is 12.7 Å². The highest BCUT2D eigenvalue weighted by Gasteiger charge is 2.35. The van der Waals surface area contributed by atoms with E-state index >= 15 is 0 Å². The quantitative estimate of drug-likeness (QED) is 0.633. The number of amides is 1. The number of rotatable bonds is 3. The lowest BCUT2D eigenvalue weighted by atomic mass is 10.1. The summed E-state index contributed by atoms with van der Waals surface area (Å²) in [6.07, 6.45) is 1.76. The fourth-order valence-corrected chi connectivity index (χ4v) is 1.93. The Morgan fingerprint density at radius 3 is 2.86 bits per heavy atom. The van der Waals surface area contributed by atoms with Crippen LogP contribution in [0.1, 0.15) is 6.92 Å². The predicted molar refractivity (Wildman–Crippen MR) is 54.9 cm³/mol. The van der Waals surface area contributed by atoms with Crippen LogP contribution in [0.2, 0.25) is 0 Å². The first-order chi connectivity index (χ1) is 6.61. The standard InChI is InChI=1S/C10H18N2O2/c1-4-5-12-8(2)6-11(3)10(14)9(12)7-13/h4,8-9,13H,1,5-7H2,2-3H3. The number of likely N-dealkylation sites (N-methyl/N-ethyl adjacent to an activating group) is 1. The number of nitrogens with zero attached hydrogens (tertiary/aromatic N) is 2. The fourth-order valence-electron chi connectivity index (χ4n) is 1.93. The van der Waals surface area contributed by atoms with Crippen LogP contribution in [0, 0.1) is 0 Å². The van der Waals surface area contributed by atoms with Crippen molar-refractivity contribution in [1.29, 1.82) is 0 Å². The Morgan fingerprint density at radius 2 is 2.36 bits per heavy atom. The van der Waals surface area contributed by atoms with E-state index in [9.17, 15) is 9.90 Å². The van der Waals surface area contributed by atoms with Crippen molar-refractivity contribution < 1.29 is 9.90 Å². The first-order valence-electron chi connectivity index (χ1n) is 4.84. The summed E-state index contributed by atoms with van der Waals surface area (Å²) in [5.74, 6) is -0.00699. The van der Waals surface area contributed by atoms with Crippen molar-refractivity contribution in [1.82, 2.24) is 9.80 Å². The van der Waals surface area contributed by atoms with Gasteiger partial charge in [0.2, 0.25) is 5.91 Å². The van der Waals surface area contributed by atoms with Crippen LogP contribution in [0.4, 0.5) is 0 Å². The van der Waals surface area contributed by atoms with Gasteiger partial charge in [0.25, 0.3) is 0 Å². The minimum Gasteiger partial charge on any atom is -0.394 e. The van der Waals surface area contributed by atoms with E-state index in [1.165, 1.54) is 0 Å². The van der Waals surface area contributed by atoms with Gasteiger partial charge in [-0.3, -0.25) is 9.69 Å². The lowest BCUT2D eigenvalue weighted by molar-refractivity contribution is -0.144. The number of piperazine rings is 1. The molecule has 1 saturated heterocycles. The maximum atomic E-state index is 11.7. The predicted octanol–water partition coefficient (Wildman–Crippen LogP) is -0.304. The largest absolute Gasteiger partial charge is 0.394 e. The molecule has 2 unspecified atom stereocenters. The van der Waals surface area contributed by atoms with Crippen LogP contribution in [-0.4, -0.2) is 59.6 Å². The van der Waals surface area contributed by atoms with E-state index in [1.54, 1.807) is 18.0 Å². The molecule has 1 amide bonds. The van der Waals surface area contributed by atoms with E-state index in [4.69, 9.17) is 0 Å². The van der Waals surface area contributed by atoms with Crippen molar-refractivity contribution in [3.63, 3.8) is 0 Å². The van der Waals surface area contributed by atoms with Crippen LogP contribution < -0.4 is 0 Å². The molecule has 1 aliphatic rings. The van der Waals surface area contributed by atoms with Gasteiger partial charge in [-0.1, -0.05) is 6.08 Å². The highest BCUT2D eigenvalue weighted by atomic mass is 16.3. The molecule has 1 rings (SSSR count). The third kappa shape index (κ3) is 1.96. The molecule has 0 radical (unpaired) electrons. The smallest absolute Gasteiger partial charge is 0.242 e. The molecule has 2 atom stereocenters. The molecule has 0 saturated carbocycles. The van der Waals surface area contributed by atoms with E-state index in [2.05, 4.69) is 13.5 Å². The Labute approximate surface area is 84.8 Å². The van der Waals surface area contributed by atoms with Crippen molar-refractivity contribution in [3.8, 4) is 0 Å². The lowest BCUT2D eigenvalue weighted by Gasteiger charge is -2.42. The van der Waals surface area contributed by atoms with E-state index in [-0.39, 0.29) is 18.6 Å². The molecule has 14 heavy (non-hydrogen) atoms. The van der Waals surface area contributed by atoms with Gasteiger partial charge in [-0.05, 0) is 6.92 Å². The first-order valence-corrected chi connectivity index (χ1v) is 4.84. The molecular formula is C10H18N2O2. The van der Waals surface area contributed by atoms with Crippen LogP contribution in [-0.2, 0) is 4.79 Å². The van der Waals surface area contributed by atoms with Gasteiger partial charge in [0, 0.05) is 26.2 Å². The van der Waals surface area contributed by atoms with Crippen molar-refractivity contribution in [3.05, 3.63) is 12.7 Å². The molecule has 4 nitrogen and oxygen atoms in total. The molecule has 0 aromatic carbocycles. The molecular weight excluding hydrogens is 180 g/mol. The van der Waals surface area contributed by atoms with Gasteiger partial charge < -0.3 is 10.0 Å². The third-order valence-electron chi connectivity index (χ3n) is 2.68. The lowest BCUT2D eigenvalue weighted by Crippen LogP contribution is -2.61. The molecule has 0 aliphatic carbocycles. The second-order valence-corrected chi connectivity index (χ2v) is 3.75. The van der Waals surface area contributed by atoms with Crippen molar-refractivity contribution >= 4 is 5.91 Å². The Hall–Kier alpha value is -0.870. The monoisotopic (exact) mass is 198 g/mol. The zero-order valence-electron chi connectivity index (χ0n) is 8.81. The van der Waals surface area contributed by atoms with E-state index < -0.39 is 6.04 Å². The first kappa shape index (κ1) is 11.2. The molecule has 1 fully saturated rings. The van der Waals surface area contributed by atoms with Crippen LogP contribution in [0.25, 0.3) is 0 Å². The van der Waals surface area contributed by atoms with Crippen LogP contribution >= 0.6 is 0 Å². The molecule has 0 spiro atoms. The highest BCUT2D eigenvalue weighted by molar-refractivity contribution is 5.82. The molecule has 0 aromatic rings. The SMILES string of the molecule is C=CCN1C(C)CN(C)C(=O)C1CO. The summed E-state index contributed by atoms with van der Waals surface area (Å²) in [5.41, 5.74) is 0. The number of carbonyl (C=O) groups is 1. The van der Waals surface area contributed by atoms with Gasteiger partial charge >= 0.3 is 0 Å². The normalized spacial score (nSPS) is 29.4. The molecule has 1 N–H and O–H groups in total. The summed E-state index contributed by atoms with van der Waals surface area (Å²) in [7, 11) is 1.77. The maximum absolute atomic E-state index is 11.7. The van der Waals surface area contributed by atoms with Crippen molar-refractivity contribution in [2.24, 2.45) is 0 Å². The third-order valence-corrected chi connectivity index (χ3v) is 2.68. The topological polar surface area (TPSA) is 43.8 Å². The average molecular weight is 198 g/mol. The average Bonchev–Trinajstić information content (AvgIpc) is 2.15. The number of hydrogen-bond acceptors (Lipinski definition) is 3. The Kier molecular flexibility index (Phi) is 3.66. The van der Waals surface area contributed by atoms with Gasteiger partial charge in [0.1, 0.15) is 6.04 Å². The summed E-state index contributed by atoms with van der Waals surface area (Å²) in [4.78, 5) is 15.3. The summed E-state index contributed by atoms with van der Waals surface area (Å²) < 4.78 is 0. The second-order valence-electron chi connectivity index (χ2n) is 3.75. The van der Waals surface area contributed by atoms with Gasteiger partial charge in [0.15, 0.2) is 0 Å². The zero-order chi connectivity index (χ0) is 10.7. The summed E-state index contributed by atoms with van der Waals surface area (Å²) in [6.45, 7) is 6.94. The molecule has 80 valence electrons. The van der Waals surface area contributed by atoms with Gasteiger partial charge in [-0.15, -0.1) is 6.58 Å². The summed E-state index contributed by atoms with van der Waals surface area (Å²) >= 11 is 0. The van der Waals surface area contributed by atoms with Crippen molar-refractivity contribution in [2.75, 3.05) is 26.7 Å². The number of aliphatic hydroxyl groups excluding tert-OH is 1. The Balaban J connectivity index is 2.79.